The molecule has 1 aromatic rings. The average Bonchev–Trinajstić information content (AvgIpc) is 2.63. The topological polar surface area (TPSA) is 0 Å². The molecule has 0 saturated carbocycles. The smallest absolute Gasteiger partial charge is 0.0103 e. The predicted molar refractivity (Wildman–Crippen MR) is 72.1 cm³/mol. The number of benzene rings is 1. The van der Waals surface area contributed by atoms with Gasteiger partial charge in [-0.25, -0.2) is 0 Å². The highest BCUT2D eigenvalue weighted by Gasteiger charge is 2.21. The maximum Gasteiger partial charge on any atom is -0.0103 e. The number of rotatable bonds is 2. The van der Waals surface area contributed by atoms with Crippen LogP contribution in [0.5, 0.6) is 0 Å². The van der Waals surface area contributed by atoms with Crippen molar-refractivity contribution in [2.24, 2.45) is 0 Å². The van der Waals surface area contributed by atoms with E-state index in [0.29, 0.717) is 0 Å². The van der Waals surface area contributed by atoms with Gasteiger partial charge in [-0.2, -0.15) is 0 Å². The molecule has 0 N–H and O–H groups in total. The van der Waals surface area contributed by atoms with Crippen molar-refractivity contribution >= 4 is 11.1 Å². The Balaban J connectivity index is 2.70. The Morgan fingerprint density at radius 2 is 1.75 bits per heavy atom. The van der Waals surface area contributed by atoms with Crippen LogP contribution in [-0.2, 0) is 0 Å². The summed E-state index contributed by atoms with van der Waals surface area (Å²) in [4.78, 5) is 0. The molecule has 0 nitrogen and oxygen atoms in total. The molecule has 0 atom stereocenters. The fourth-order valence-corrected chi connectivity index (χ4v) is 2.49. The summed E-state index contributed by atoms with van der Waals surface area (Å²) in [6.45, 7) is 6.44. The number of fused-ring (bicyclic) bond motifs is 1. The summed E-state index contributed by atoms with van der Waals surface area (Å²) >= 11 is 0. The summed E-state index contributed by atoms with van der Waals surface area (Å²) in [5.74, 6) is 0. The Kier molecular flexibility index (Phi) is 3.09. The highest BCUT2D eigenvalue weighted by Crippen LogP contribution is 2.42. The van der Waals surface area contributed by atoms with E-state index in [9.17, 15) is 0 Å². The largest absolute Gasteiger partial charge is 0.0870 e. The Bertz CT molecular complexity index is 485. The molecule has 0 bridgehead atoms. The molecular formula is C16H18. The Labute approximate surface area is 98.0 Å². The first-order valence-electron chi connectivity index (χ1n) is 5.95. The van der Waals surface area contributed by atoms with E-state index in [1.165, 1.54) is 27.8 Å². The fourth-order valence-electron chi connectivity index (χ4n) is 2.49. The van der Waals surface area contributed by atoms with Crippen molar-refractivity contribution in [2.75, 3.05) is 0 Å². The molecule has 0 aliphatic heterocycles. The zero-order valence-electron chi connectivity index (χ0n) is 10.2. The Morgan fingerprint density at radius 1 is 1.06 bits per heavy atom. The van der Waals surface area contributed by atoms with Crippen molar-refractivity contribution in [1.82, 2.24) is 0 Å². The summed E-state index contributed by atoms with van der Waals surface area (Å²) in [5.41, 5.74) is 7.04. The van der Waals surface area contributed by atoms with Gasteiger partial charge in [-0.05, 0) is 48.1 Å². The molecule has 1 aliphatic carbocycles. The third-order valence-corrected chi connectivity index (χ3v) is 3.13. The number of hydrogen-bond donors (Lipinski definition) is 0. The van der Waals surface area contributed by atoms with E-state index in [1.54, 1.807) is 0 Å². The molecule has 1 aliphatic rings. The minimum Gasteiger partial charge on any atom is -0.0870 e. The molecular weight excluding hydrogens is 192 g/mol. The van der Waals surface area contributed by atoms with E-state index in [4.69, 9.17) is 0 Å². The molecule has 0 amide bonds. The van der Waals surface area contributed by atoms with E-state index in [-0.39, 0.29) is 0 Å². The Morgan fingerprint density at radius 3 is 2.31 bits per heavy atom. The second-order valence-corrected chi connectivity index (χ2v) is 3.99. The van der Waals surface area contributed by atoms with Gasteiger partial charge >= 0.3 is 0 Å². The van der Waals surface area contributed by atoms with E-state index in [2.05, 4.69) is 63.3 Å². The van der Waals surface area contributed by atoms with Crippen LogP contribution in [0.3, 0.4) is 0 Å². The predicted octanol–water partition coefficient (Wildman–Crippen LogP) is 4.84. The summed E-state index contributed by atoms with van der Waals surface area (Å²) in [7, 11) is 0. The zero-order chi connectivity index (χ0) is 11.5. The summed E-state index contributed by atoms with van der Waals surface area (Å²) in [5, 5.41) is 0. The van der Waals surface area contributed by atoms with Gasteiger partial charge in [0.05, 0.1) is 0 Å². The monoisotopic (exact) mass is 210 g/mol. The van der Waals surface area contributed by atoms with Crippen molar-refractivity contribution in [3.63, 3.8) is 0 Å². The molecule has 16 heavy (non-hydrogen) atoms. The molecule has 0 heterocycles. The summed E-state index contributed by atoms with van der Waals surface area (Å²) in [6, 6.07) is 8.68. The second-order valence-electron chi connectivity index (χ2n) is 3.99. The lowest BCUT2D eigenvalue weighted by molar-refractivity contribution is 1.17. The summed E-state index contributed by atoms with van der Waals surface area (Å²) in [6.07, 6.45) is 7.68. The quantitative estimate of drug-likeness (QED) is 0.655. The number of allylic oxidation sites excluding steroid dienone is 6. The van der Waals surface area contributed by atoms with Gasteiger partial charge in [0.25, 0.3) is 0 Å². The van der Waals surface area contributed by atoms with Crippen molar-refractivity contribution < 1.29 is 0 Å². The highest BCUT2D eigenvalue weighted by atomic mass is 14.3. The van der Waals surface area contributed by atoms with Gasteiger partial charge in [0.2, 0.25) is 0 Å². The molecule has 0 aromatic heterocycles. The van der Waals surface area contributed by atoms with Crippen LogP contribution in [0.4, 0.5) is 0 Å². The first-order valence-corrected chi connectivity index (χ1v) is 5.95. The molecule has 0 heteroatoms. The van der Waals surface area contributed by atoms with Gasteiger partial charge in [-0.3, -0.25) is 0 Å². The third kappa shape index (κ3) is 1.55. The normalized spacial score (nSPS) is 17.6. The van der Waals surface area contributed by atoms with Crippen LogP contribution < -0.4 is 0 Å². The van der Waals surface area contributed by atoms with Gasteiger partial charge in [0.1, 0.15) is 0 Å². The van der Waals surface area contributed by atoms with Crippen LogP contribution >= 0.6 is 0 Å². The third-order valence-electron chi connectivity index (χ3n) is 3.13. The highest BCUT2D eigenvalue weighted by molar-refractivity contribution is 6.02. The SMILES string of the molecule is C/C=C\C1=C(CC)C(=C/C)/c2ccccc21. The molecule has 0 unspecified atom stereocenters. The lowest BCUT2D eigenvalue weighted by Crippen LogP contribution is -1.82. The molecule has 0 spiro atoms. The first-order chi connectivity index (χ1) is 7.83. The molecule has 0 saturated heterocycles. The molecule has 1 aromatic carbocycles. The van der Waals surface area contributed by atoms with Crippen molar-refractivity contribution in [3.8, 4) is 0 Å². The maximum atomic E-state index is 2.23. The van der Waals surface area contributed by atoms with Crippen LogP contribution in [0.2, 0.25) is 0 Å². The molecule has 0 fully saturated rings. The average molecular weight is 210 g/mol. The zero-order valence-corrected chi connectivity index (χ0v) is 10.2. The van der Waals surface area contributed by atoms with Crippen LogP contribution in [0.15, 0.2) is 48.1 Å². The number of hydrogen-bond acceptors (Lipinski definition) is 0. The van der Waals surface area contributed by atoms with E-state index in [0.717, 1.165) is 6.42 Å². The molecule has 82 valence electrons. The fraction of sp³-hybridized carbons (Fsp3) is 0.250. The first kappa shape index (κ1) is 10.9. The van der Waals surface area contributed by atoms with Gasteiger partial charge < -0.3 is 0 Å². The standard InChI is InChI=1S/C16H18/c1-4-9-14-12(5-2)13(6-3)15-10-7-8-11-16(14)15/h4,6-11H,5H2,1-3H3/b9-4-,13-6-. The Hall–Kier alpha value is -1.56. The van der Waals surface area contributed by atoms with Gasteiger partial charge in [-0.15, -0.1) is 0 Å². The van der Waals surface area contributed by atoms with Crippen molar-refractivity contribution in [3.05, 3.63) is 59.2 Å². The minimum atomic E-state index is 1.09. The lowest BCUT2D eigenvalue weighted by atomic mass is 10.0. The van der Waals surface area contributed by atoms with Crippen LogP contribution in [-0.4, -0.2) is 0 Å². The molecule has 0 radical (unpaired) electrons. The van der Waals surface area contributed by atoms with Crippen molar-refractivity contribution in [2.45, 2.75) is 27.2 Å². The lowest BCUT2D eigenvalue weighted by Gasteiger charge is -2.03. The second kappa shape index (κ2) is 4.52. The maximum absolute atomic E-state index is 2.23. The van der Waals surface area contributed by atoms with Gasteiger partial charge in [0.15, 0.2) is 0 Å². The van der Waals surface area contributed by atoms with Crippen LogP contribution in [0.25, 0.3) is 11.1 Å². The molecule has 2 rings (SSSR count). The van der Waals surface area contributed by atoms with Crippen molar-refractivity contribution in [1.29, 1.82) is 0 Å². The van der Waals surface area contributed by atoms with Crippen LogP contribution in [0.1, 0.15) is 38.3 Å². The minimum absolute atomic E-state index is 1.09. The van der Waals surface area contributed by atoms with Gasteiger partial charge in [-0.1, -0.05) is 49.4 Å². The van der Waals surface area contributed by atoms with E-state index >= 15 is 0 Å². The van der Waals surface area contributed by atoms with Crippen LogP contribution in [0, 0.1) is 0 Å². The van der Waals surface area contributed by atoms with E-state index < -0.39 is 0 Å². The van der Waals surface area contributed by atoms with Gasteiger partial charge in [0, 0.05) is 0 Å². The van der Waals surface area contributed by atoms with E-state index in [1.807, 2.05) is 0 Å². The summed E-state index contributed by atoms with van der Waals surface area (Å²) < 4.78 is 0.